The van der Waals surface area contributed by atoms with Crippen molar-refractivity contribution in [1.82, 2.24) is 5.32 Å². The van der Waals surface area contributed by atoms with E-state index in [1.54, 1.807) is 0 Å². The zero-order chi connectivity index (χ0) is 27.3. The molecule has 0 atom stereocenters. The van der Waals surface area contributed by atoms with E-state index in [2.05, 4.69) is 58.1 Å². The van der Waals surface area contributed by atoms with Gasteiger partial charge in [0.2, 0.25) is 6.79 Å². The van der Waals surface area contributed by atoms with E-state index < -0.39 is 0 Å². The number of benzene rings is 3. The van der Waals surface area contributed by atoms with Crippen LogP contribution < -0.4 is 14.8 Å². The molecule has 1 N–H and O–H groups in total. The number of rotatable bonds is 7. The molecule has 0 radical (unpaired) electrons. The quantitative estimate of drug-likeness (QED) is 0.335. The zero-order valence-corrected chi connectivity index (χ0v) is 23.2. The molecule has 0 bridgehead atoms. The first kappa shape index (κ1) is 29.9. The lowest BCUT2D eigenvalue weighted by Gasteiger charge is -2.18. The second kappa shape index (κ2) is 12.5. The second-order valence-electron chi connectivity index (χ2n) is 11.8. The minimum Gasteiger partial charge on any atom is -0.454 e. The highest BCUT2D eigenvalue weighted by Crippen LogP contribution is 2.46. The lowest BCUT2D eigenvalue weighted by atomic mass is 9.92. The van der Waals surface area contributed by atoms with Crippen LogP contribution >= 0.6 is 0 Å². The molecule has 3 aromatic carbocycles. The molecular weight excluding hydrogens is 486 g/mol. The van der Waals surface area contributed by atoms with Crippen molar-refractivity contribution in [3.05, 3.63) is 83.4 Å². The highest BCUT2D eigenvalue weighted by Gasteiger charge is 2.43. The van der Waals surface area contributed by atoms with Gasteiger partial charge in [-0.15, -0.1) is 0 Å². The van der Waals surface area contributed by atoms with Crippen LogP contribution in [-0.4, -0.2) is 25.0 Å². The first-order valence-electron chi connectivity index (χ1n) is 13.4. The molecule has 1 aliphatic carbocycles. The van der Waals surface area contributed by atoms with E-state index in [1.165, 1.54) is 5.56 Å². The number of ether oxygens (including phenoxy) is 2. The minimum absolute atomic E-state index is 0. The maximum Gasteiger partial charge on any atom is 0.251 e. The van der Waals surface area contributed by atoms with E-state index in [9.17, 15) is 9.59 Å². The average molecular weight is 532 g/mol. The van der Waals surface area contributed by atoms with Crippen molar-refractivity contribution < 1.29 is 20.5 Å². The van der Waals surface area contributed by atoms with Crippen molar-refractivity contribution in [2.75, 3.05) is 13.3 Å². The number of nitrogens with one attached hydrogen (secondary N) is 1. The summed E-state index contributed by atoms with van der Waals surface area (Å²) in [6.07, 6.45) is 3.48. The van der Waals surface area contributed by atoms with Crippen LogP contribution in [0.4, 0.5) is 0 Å². The van der Waals surface area contributed by atoms with Gasteiger partial charge in [0, 0.05) is 25.4 Å². The number of amides is 1. The van der Waals surface area contributed by atoms with Crippen LogP contribution in [0.3, 0.4) is 0 Å². The van der Waals surface area contributed by atoms with E-state index in [4.69, 9.17) is 9.47 Å². The first-order chi connectivity index (χ1) is 18.0. The van der Waals surface area contributed by atoms with Crippen molar-refractivity contribution in [2.24, 2.45) is 10.8 Å². The molecule has 0 unspecified atom stereocenters. The second-order valence-corrected chi connectivity index (χ2v) is 11.8. The van der Waals surface area contributed by atoms with Crippen molar-refractivity contribution in [2.45, 2.75) is 67.7 Å². The summed E-state index contributed by atoms with van der Waals surface area (Å²) in [6, 6.07) is 21.6. The van der Waals surface area contributed by atoms with Gasteiger partial charge in [-0.1, -0.05) is 77.6 Å². The molecule has 0 spiro atoms. The summed E-state index contributed by atoms with van der Waals surface area (Å²) in [5.41, 5.74) is 5.21. The molecule has 5 rings (SSSR count). The Kier molecular flexibility index (Phi) is 9.60. The molecule has 1 fully saturated rings. The van der Waals surface area contributed by atoms with Crippen molar-refractivity contribution >= 4 is 11.7 Å². The largest absolute Gasteiger partial charge is 0.454 e. The molecule has 2 aliphatic rings. The maximum atomic E-state index is 12.5. The molecule has 39 heavy (non-hydrogen) atoms. The first-order valence-corrected chi connectivity index (χ1v) is 13.4. The Hall–Kier alpha value is -3.60. The molecule has 3 aromatic rings. The predicted octanol–water partition coefficient (Wildman–Crippen LogP) is 8.04. The monoisotopic (exact) mass is 531 g/mol. The van der Waals surface area contributed by atoms with Crippen molar-refractivity contribution in [3.8, 4) is 22.6 Å². The number of carbonyl (C=O) groups is 2. The van der Waals surface area contributed by atoms with Gasteiger partial charge >= 0.3 is 0 Å². The Bertz CT molecular complexity index is 1270. The van der Waals surface area contributed by atoms with Gasteiger partial charge in [-0.05, 0) is 78.1 Å². The third-order valence-corrected chi connectivity index (χ3v) is 7.24. The molecule has 1 amide bonds. The fourth-order valence-electron chi connectivity index (χ4n) is 4.25. The van der Waals surface area contributed by atoms with Crippen LogP contribution in [0.1, 0.15) is 77.3 Å². The van der Waals surface area contributed by atoms with Crippen LogP contribution in [-0.2, 0) is 11.2 Å². The van der Waals surface area contributed by atoms with E-state index in [1.807, 2.05) is 48.5 Å². The highest BCUT2D eigenvalue weighted by molar-refractivity contribution is 5.94. The van der Waals surface area contributed by atoms with Crippen LogP contribution in [0.15, 0.2) is 66.7 Å². The van der Waals surface area contributed by atoms with E-state index in [0.717, 1.165) is 47.5 Å². The molecular formula is C34H45NO4. The van der Waals surface area contributed by atoms with Crippen LogP contribution in [0.25, 0.3) is 11.1 Å². The number of carbonyl (C=O) groups excluding carboxylic acids is 2. The molecule has 0 aromatic heterocycles. The number of hydrogen-bond acceptors (Lipinski definition) is 4. The fourth-order valence-corrected chi connectivity index (χ4v) is 4.25. The van der Waals surface area contributed by atoms with Gasteiger partial charge in [0.25, 0.3) is 5.91 Å². The Morgan fingerprint density at radius 3 is 2.13 bits per heavy atom. The molecule has 5 heteroatoms. The molecule has 1 saturated carbocycles. The molecule has 1 heterocycles. The lowest BCUT2D eigenvalue weighted by Crippen LogP contribution is -2.27. The standard InChI is InChI=1S/C26H33NO2.C7H6O2.CH4.H2/c1-18-6-7-19(17-23(28)26(5)12-13-26)16-22(18)20-8-10-21(11-9-20)24(29)27-15-14-25(2,3)4;1-2-4-7-6(3-1)8-5-9-7;;/h6-11,16H,12-15,17H2,1-5H3,(H,27,29);1-4H,5H2;1H4;1H. The predicted molar refractivity (Wildman–Crippen MR) is 160 cm³/mol. The number of fused-ring (bicyclic) bond motifs is 1. The zero-order valence-electron chi connectivity index (χ0n) is 23.2. The summed E-state index contributed by atoms with van der Waals surface area (Å²) in [4.78, 5) is 24.8. The summed E-state index contributed by atoms with van der Waals surface area (Å²) in [5, 5.41) is 3.00. The Labute approximate surface area is 235 Å². The van der Waals surface area contributed by atoms with E-state index >= 15 is 0 Å². The lowest BCUT2D eigenvalue weighted by molar-refractivity contribution is -0.122. The molecule has 210 valence electrons. The third kappa shape index (κ3) is 8.19. The van der Waals surface area contributed by atoms with Crippen LogP contribution in [0.5, 0.6) is 11.5 Å². The Morgan fingerprint density at radius 2 is 1.56 bits per heavy atom. The summed E-state index contributed by atoms with van der Waals surface area (Å²) in [5.74, 6) is 2.00. The highest BCUT2D eigenvalue weighted by atomic mass is 16.7. The fraction of sp³-hybridized carbons (Fsp3) is 0.412. The van der Waals surface area contributed by atoms with Crippen molar-refractivity contribution in [1.29, 1.82) is 0 Å². The SMILES string of the molecule is C.Cc1ccc(CC(=O)C2(C)CC2)cc1-c1ccc(C(=O)NCCC(C)(C)C)cc1.[HH].c1ccc2c(c1)OCO2. The number of ketones is 1. The topological polar surface area (TPSA) is 64.6 Å². The maximum absolute atomic E-state index is 12.5. The number of para-hydroxylation sites is 2. The molecule has 1 aliphatic heterocycles. The number of Topliss-reactive ketones (excluding diaryl/α,β-unsaturated/α-hetero) is 1. The van der Waals surface area contributed by atoms with Gasteiger partial charge in [0.05, 0.1) is 0 Å². The van der Waals surface area contributed by atoms with Crippen LogP contribution in [0, 0.1) is 17.8 Å². The Morgan fingerprint density at radius 1 is 0.949 bits per heavy atom. The third-order valence-electron chi connectivity index (χ3n) is 7.24. The molecule has 0 saturated heterocycles. The van der Waals surface area contributed by atoms with Gasteiger partial charge in [-0.2, -0.15) is 0 Å². The van der Waals surface area contributed by atoms with E-state index in [-0.39, 0.29) is 25.6 Å². The van der Waals surface area contributed by atoms with Gasteiger partial charge in [-0.3, -0.25) is 9.59 Å². The van der Waals surface area contributed by atoms with Gasteiger partial charge in [-0.25, -0.2) is 0 Å². The summed E-state index contributed by atoms with van der Waals surface area (Å²) in [6.45, 7) is 11.7. The smallest absolute Gasteiger partial charge is 0.251 e. The average Bonchev–Trinajstić information content (AvgIpc) is 3.46. The summed E-state index contributed by atoms with van der Waals surface area (Å²) in [7, 11) is 0. The van der Waals surface area contributed by atoms with Crippen molar-refractivity contribution in [3.63, 3.8) is 0 Å². The van der Waals surface area contributed by atoms with E-state index in [0.29, 0.717) is 31.1 Å². The molecule has 5 nitrogen and oxygen atoms in total. The summed E-state index contributed by atoms with van der Waals surface area (Å²) >= 11 is 0. The normalized spacial score (nSPS) is 14.4. The van der Waals surface area contributed by atoms with Crippen LogP contribution in [0.2, 0.25) is 0 Å². The number of aryl methyl sites for hydroxylation is 1. The number of hydrogen-bond donors (Lipinski definition) is 1. The summed E-state index contributed by atoms with van der Waals surface area (Å²) < 4.78 is 10.2. The van der Waals surface area contributed by atoms with Gasteiger partial charge in [0.1, 0.15) is 5.78 Å². The Balaban J connectivity index is 0.000000429. The minimum atomic E-state index is -0.0902. The van der Waals surface area contributed by atoms with Gasteiger partial charge < -0.3 is 14.8 Å². The van der Waals surface area contributed by atoms with Gasteiger partial charge in [0.15, 0.2) is 11.5 Å².